The molecule has 1 aromatic carbocycles. The summed E-state index contributed by atoms with van der Waals surface area (Å²) < 4.78 is 37.2. The quantitative estimate of drug-likeness (QED) is 0.364. The number of benzene rings is 1. The number of hydrogen-bond donors (Lipinski definition) is 2. The van der Waals surface area contributed by atoms with E-state index in [0.29, 0.717) is 24.6 Å². The van der Waals surface area contributed by atoms with E-state index in [0.717, 1.165) is 25.0 Å². The molecule has 23 heavy (non-hydrogen) atoms. The Morgan fingerprint density at radius 3 is 2.48 bits per heavy atom. The normalized spacial score (nSPS) is 11.7. The van der Waals surface area contributed by atoms with Gasteiger partial charge in [0.25, 0.3) is 0 Å². The van der Waals surface area contributed by atoms with Crippen LogP contribution < -0.4 is 11.1 Å². The zero-order valence-corrected chi connectivity index (χ0v) is 13.2. The average Bonchev–Trinajstić information content (AvgIpc) is 2.51. The Morgan fingerprint density at radius 1 is 1.17 bits per heavy atom. The van der Waals surface area contributed by atoms with Gasteiger partial charge in [0.2, 0.25) is 0 Å². The second-order valence-electron chi connectivity index (χ2n) is 5.06. The molecule has 0 aromatic heterocycles. The molecule has 0 bridgehead atoms. The Kier molecular flexibility index (Phi) is 8.03. The van der Waals surface area contributed by atoms with Crippen molar-refractivity contribution in [3.8, 4) is 11.8 Å². The van der Waals surface area contributed by atoms with Crippen LogP contribution in [0.25, 0.3) is 0 Å². The third-order valence-corrected chi connectivity index (χ3v) is 3.10. The molecule has 0 radical (unpaired) electrons. The highest BCUT2D eigenvalue weighted by Gasteiger charge is 2.29. The molecule has 3 nitrogen and oxygen atoms in total. The van der Waals surface area contributed by atoms with Gasteiger partial charge in [0.05, 0.1) is 12.1 Å². The SMILES string of the molecule is CCCCCCN=C(N)NCC#Cc1ccc(C(F)(F)F)cc1. The summed E-state index contributed by atoms with van der Waals surface area (Å²) in [6.07, 6.45) is 0.197. The van der Waals surface area contributed by atoms with E-state index in [1.165, 1.54) is 25.0 Å². The molecule has 1 rings (SSSR count). The predicted octanol–water partition coefficient (Wildman–Crippen LogP) is 3.54. The Labute approximate surface area is 135 Å². The maximum absolute atomic E-state index is 12.4. The molecule has 0 unspecified atom stereocenters. The molecule has 6 heteroatoms. The Bertz CT molecular complexity index is 551. The smallest absolute Gasteiger partial charge is 0.370 e. The summed E-state index contributed by atoms with van der Waals surface area (Å²) in [4.78, 5) is 4.17. The minimum absolute atomic E-state index is 0.297. The van der Waals surface area contributed by atoms with Crippen LogP contribution in [0.1, 0.15) is 43.7 Å². The van der Waals surface area contributed by atoms with Crippen LogP contribution in [0.2, 0.25) is 0 Å². The number of guanidine groups is 1. The number of nitrogens with zero attached hydrogens (tertiary/aromatic N) is 1. The van der Waals surface area contributed by atoms with Gasteiger partial charge in [0.1, 0.15) is 0 Å². The van der Waals surface area contributed by atoms with Crippen LogP contribution in [0.5, 0.6) is 0 Å². The number of alkyl halides is 3. The first-order chi connectivity index (χ1) is 10.9. The Morgan fingerprint density at radius 2 is 1.87 bits per heavy atom. The predicted molar refractivity (Wildman–Crippen MR) is 87.0 cm³/mol. The monoisotopic (exact) mass is 325 g/mol. The van der Waals surface area contributed by atoms with E-state index >= 15 is 0 Å². The summed E-state index contributed by atoms with van der Waals surface area (Å²) in [6.45, 7) is 3.13. The molecule has 1 aromatic rings. The van der Waals surface area contributed by atoms with E-state index in [1.54, 1.807) is 0 Å². The van der Waals surface area contributed by atoms with Crippen molar-refractivity contribution in [2.75, 3.05) is 13.1 Å². The lowest BCUT2D eigenvalue weighted by Crippen LogP contribution is -2.32. The first-order valence-electron chi connectivity index (χ1n) is 7.63. The number of hydrogen-bond acceptors (Lipinski definition) is 1. The highest BCUT2D eigenvalue weighted by molar-refractivity contribution is 5.78. The summed E-state index contributed by atoms with van der Waals surface area (Å²) in [5, 5.41) is 2.85. The van der Waals surface area contributed by atoms with Crippen LogP contribution in [-0.4, -0.2) is 19.0 Å². The Hall–Kier alpha value is -2.16. The molecule has 126 valence electrons. The van der Waals surface area contributed by atoms with Crippen molar-refractivity contribution in [2.24, 2.45) is 10.7 Å². The van der Waals surface area contributed by atoms with Crippen molar-refractivity contribution in [3.05, 3.63) is 35.4 Å². The molecular weight excluding hydrogens is 303 g/mol. The van der Waals surface area contributed by atoms with Crippen LogP contribution in [0.15, 0.2) is 29.3 Å². The first kappa shape index (κ1) is 18.9. The van der Waals surface area contributed by atoms with E-state index in [9.17, 15) is 13.2 Å². The highest BCUT2D eigenvalue weighted by Crippen LogP contribution is 2.28. The van der Waals surface area contributed by atoms with Crippen molar-refractivity contribution >= 4 is 5.96 Å². The van der Waals surface area contributed by atoms with E-state index < -0.39 is 11.7 Å². The number of nitrogens with one attached hydrogen (secondary N) is 1. The van der Waals surface area contributed by atoms with Crippen molar-refractivity contribution in [2.45, 2.75) is 38.8 Å². The van der Waals surface area contributed by atoms with Gasteiger partial charge in [-0.05, 0) is 30.7 Å². The largest absolute Gasteiger partial charge is 0.416 e. The average molecular weight is 325 g/mol. The van der Waals surface area contributed by atoms with Gasteiger partial charge in [-0.25, -0.2) is 0 Å². The summed E-state index contributed by atoms with van der Waals surface area (Å²) >= 11 is 0. The molecule has 3 N–H and O–H groups in total. The van der Waals surface area contributed by atoms with Gasteiger partial charge >= 0.3 is 6.18 Å². The van der Waals surface area contributed by atoms with Crippen LogP contribution in [0, 0.1) is 11.8 Å². The lowest BCUT2D eigenvalue weighted by atomic mass is 10.1. The van der Waals surface area contributed by atoms with E-state index in [2.05, 4.69) is 29.1 Å². The summed E-state index contributed by atoms with van der Waals surface area (Å²) in [7, 11) is 0. The second kappa shape index (κ2) is 9.78. The lowest BCUT2D eigenvalue weighted by molar-refractivity contribution is -0.137. The molecule has 0 aliphatic heterocycles. The molecule has 0 fully saturated rings. The maximum atomic E-state index is 12.4. The standard InChI is InChI=1S/C17H22F3N3/c1-2-3-4-5-12-22-16(21)23-13-6-7-14-8-10-15(11-9-14)17(18,19)20/h8-11H,2-5,12-13H2,1H3,(H3,21,22,23). The van der Waals surface area contributed by atoms with Gasteiger partial charge < -0.3 is 11.1 Å². The second-order valence-corrected chi connectivity index (χ2v) is 5.06. The number of unbranched alkanes of at least 4 members (excludes halogenated alkanes) is 3. The summed E-state index contributed by atoms with van der Waals surface area (Å²) in [6, 6.07) is 4.73. The van der Waals surface area contributed by atoms with Gasteiger partial charge in [-0.3, -0.25) is 4.99 Å². The molecule has 0 saturated carbocycles. The number of nitrogens with two attached hydrogens (primary N) is 1. The molecule has 0 saturated heterocycles. The van der Waals surface area contributed by atoms with E-state index in [-0.39, 0.29) is 0 Å². The van der Waals surface area contributed by atoms with Gasteiger partial charge in [-0.1, -0.05) is 38.0 Å². The molecule has 0 atom stereocenters. The first-order valence-corrected chi connectivity index (χ1v) is 7.63. The number of aliphatic imine (C=N–C) groups is 1. The zero-order valence-electron chi connectivity index (χ0n) is 13.2. The van der Waals surface area contributed by atoms with Crippen LogP contribution in [-0.2, 0) is 6.18 Å². The van der Waals surface area contributed by atoms with Gasteiger partial charge in [-0.15, -0.1) is 0 Å². The third-order valence-electron chi connectivity index (χ3n) is 3.10. The molecular formula is C17H22F3N3. The minimum atomic E-state index is -4.32. The van der Waals surface area contributed by atoms with Crippen LogP contribution in [0.3, 0.4) is 0 Å². The van der Waals surface area contributed by atoms with Gasteiger partial charge in [0.15, 0.2) is 5.96 Å². The van der Waals surface area contributed by atoms with Gasteiger partial charge in [-0.2, -0.15) is 13.2 Å². The third kappa shape index (κ3) is 8.15. The minimum Gasteiger partial charge on any atom is -0.370 e. The topological polar surface area (TPSA) is 50.4 Å². The summed E-state index contributed by atoms with van der Waals surface area (Å²) in [5.74, 6) is 5.91. The fraction of sp³-hybridized carbons (Fsp3) is 0.471. The fourth-order valence-corrected chi connectivity index (χ4v) is 1.82. The van der Waals surface area contributed by atoms with Crippen molar-refractivity contribution in [1.82, 2.24) is 5.32 Å². The fourth-order valence-electron chi connectivity index (χ4n) is 1.82. The molecule has 0 aliphatic rings. The molecule has 0 amide bonds. The number of halogens is 3. The van der Waals surface area contributed by atoms with Gasteiger partial charge in [0, 0.05) is 12.1 Å². The van der Waals surface area contributed by atoms with Crippen LogP contribution in [0.4, 0.5) is 13.2 Å². The molecule has 0 heterocycles. The van der Waals surface area contributed by atoms with Crippen molar-refractivity contribution in [3.63, 3.8) is 0 Å². The summed E-state index contributed by atoms with van der Waals surface area (Å²) in [5.41, 5.74) is 5.52. The van der Waals surface area contributed by atoms with E-state index in [4.69, 9.17) is 5.73 Å². The molecule has 0 aliphatic carbocycles. The Balaban J connectivity index is 2.36. The maximum Gasteiger partial charge on any atom is 0.416 e. The highest BCUT2D eigenvalue weighted by atomic mass is 19.4. The van der Waals surface area contributed by atoms with Crippen molar-refractivity contribution in [1.29, 1.82) is 0 Å². The number of rotatable bonds is 6. The van der Waals surface area contributed by atoms with Crippen LogP contribution >= 0.6 is 0 Å². The van der Waals surface area contributed by atoms with E-state index in [1.807, 2.05) is 0 Å². The molecule has 0 spiro atoms. The lowest BCUT2D eigenvalue weighted by Gasteiger charge is -2.05. The van der Waals surface area contributed by atoms with Crippen molar-refractivity contribution < 1.29 is 13.2 Å². The zero-order chi connectivity index (χ0) is 17.1.